The number of hydrogen-bond donors (Lipinski definition) is 0. The summed E-state index contributed by atoms with van der Waals surface area (Å²) < 4.78 is 7.11. The lowest BCUT2D eigenvalue weighted by Crippen LogP contribution is -2.18. The molecule has 0 N–H and O–H groups in total. The van der Waals surface area contributed by atoms with Crippen LogP contribution in [0.3, 0.4) is 0 Å². The Kier molecular flexibility index (Phi) is 7.37. The van der Waals surface area contributed by atoms with E-state index in [1.807, 2.05) is 23.5 Å². The van der Waals surface area contributed by atoms with E-state index in [0.29, 0.717) is 13.0 Å². The number of carbonyl (C=O) groups excluding carboxylic acids is 1. The number of rotatable bonds is 10. The molecule has 1 saturated heterocycles. The van der Waals surface area contributed by atoms with Gasteiger partial charge < -0.3 is 9.53 Å². The third kappa shape index (κ3) is 5.40. The largest absolute Gasteiger partial charge is 0.494 e. The van der Waals surface area contributed by atoms with E-state index in [-0.39, 0.29) is 0 Å². The molecule has 1 aromatic heterocycles. The SMILES string of the molecule is O=CCCCOc1ccc(-c2sc3ccccc3c2Cc2ccc(CN3CCCC3)cc2)cc1. The van der Waals surface area contributed by atoms with Crippen molar-refractivity contribution in [3.05, 3.63) is 89.5 Å². The second kappa shape index (κ2) is 11.0. The zero-order valence-electron chi connectivity index (χ0n) is 19.5. The van der Waals surface area contributed by atoms with E-state index in [0.717, 1.165) is 31.4 Å². The van der Waals surface area contributed by atoms with Crippen LogP contribution in [-0.4, -0.2) is 30.9 Å². The second-order valence-electron chi connectivity index (χ2n) is 9.06. The normalized spacial score (nSPS) is 14.0. The lowest BCUT2D eigenvalue weighted by molar-refractivity contribution is -0.108. The average Bonchev–Trinajstić information content (AvgIpc) is 3.52. The van der Waals surface area contributed by atoms with Crippen molar-refractivity contribution in [2.45, 2.75) is 38.6 Å². The quantitative estimate of drug-likeness (QED) is 0.183. The molecule has 0 spiro atoms. The molecule has 3 nitrogen and oxygen atoms in total. The van der Waals surface area contributed by atoms with Gasteiger partial charge in [0.2, 0.25) is 0 Å². The summed E-state index contributed by atoms with van der Waals surface area (Å²) in [4.78, 5) is 14.4. The molecule has 3 aromatic carbocycles. The molecule has 0 amide bonds. The minimum atomic E-state index is 0.544. The molecule has 1 aliphatic rings. The Hall–Kier alpha value is -2.95. The topological polar surface area (TPSA) is 29.5 Å². The van der Waals surface area contributed by atoms with Crippen molar-refractivity contribution < 1.29 is 9.53 Å². The van der Waals surface area contributed by atoms with Crippen molar-refractivity contribution >= 4 is 27.7 Å². The van der Waals surface area contributed by atoms with Crippen molar-refractivity contribution in [3.63, 3.8) is 0 Å². The Morgan fingerprint density at radius 2 is 1.62 bits per heavy atom. The van der Waals surface area contributed by atoms with Gasteiger partial charge in [0.15, 0.2) is 0 Å². The van der Waals surface area contributed by atoms with E-state index < -0.39 is 0 Å². The van der Waals surface area contributed by atoms with E-state index >= 15 is 0 Å². The molecule has 34 heavy (non-hydrogen) atoms. The fraction of sp³-hybridized carbons (Fsp3) is 0.300. The highest BCUT2D eigenvalue weighted by Crippen LogP contribution is 2.40. The molecule has 0 atom stereocenters. The summed E-state index contributed by atoms with van der Waals surface area (Å²) in [6.07, 6.45) is 5.83. The van der Waals surface area contributed by atoms with Gasteiger partial charge in [-0.3, -0.25) is 4.90 Å². The molecule has 0 aliphatic carbocycles. The third-order valence-corrected chi connectivity index (χ3v) is 7.82. The summed E-state index contributed by atoms with van der Waals surface area (Å²) in [5.41, 5.74) is 5.38. The molecule has 0 saturated carbocycles. The number of unbranched alkanes of at least 4 members (excludes halogenated alkanes) is 1. The minimum Gasteiger partial charge on any atom is -0.494 e. The zero-order valence-corrected chi connectivity index (χ0v) is 20.4. The van der Waals surface area contributed by atoms with E-state index in [9.17, 15) is 4.79 Å². The number of nitrogens with zero attached hydrogens (tertiary/aromatic N) is 1. The Labute approximate surface area is 206 Å². The van der Waals surface area contributed by atoms with Gasteiger partial charge in [-0.2, -0.15) is 0 Å². The molecule has 4 heteroatoms. The number of likely N-dealkylation sites (tertiary alicyclic amines) is 1. The average molecular weight is 470 g/mol. The van der Waals surface area contributed by atoms with E-state index in [1.165, 1.54) is 63.1 Å². The molecule has 174 valence electrons. The summed E-state index contributed by atoms with van der Waals surface area (Å²) in [6, 6.07) is 26.3. The van der Waals surface area contributed by atoms with Gasteiger partial charge >= 0.3 is 0 Å². The van der Waals surface area contributed by atoms with Gasteiger partial charge in [0.1, 0.15) is 12.0 Å². The number of aldehydes is 1. The smallest absolute Gasteiger partial charge is 0.120 e. The molecule has 1 fully saturated rings. The van der Waals surface area contributed by atoms with Crippen molar-refractivity contribution in [1.82, 2.24) is 4.90 Å². The van der Waals surface area contributed by atoms with Crippen molar-refractivity contribution in [3.8, 4) is 16.2 Å². The molecule has 0 radical (unpaired) electrons. The van der Waals surface area contributed by atoms with Gasteiger partial charge in [0, 0.05) is 22.5 Å². The van der Waals surface area contributed by atoms with Crippen LogP contribution in [0.25, 0.3) is 20.5 Å². The third-order valence-electron chi connectivity index (χ3n) is 6.56. The Morgan fingerprint density at radius 1 is 0.882 bits per heavy atom. The first-order chi connectivity index (χ1) is 16.8. The van der Waals surface area contributed by atoms with E-state index in [2.05, 4.69) is 65.6 Å². The predicted octanol–water partition coefficient (Wildman–Crippen LogP) is 7.11. The highest BCUT2D eigenvalue weighted by molar-refractivity contribution is 7.22. The standard InChI is InChI=1S/C30H31NO2S/c32-19-5-6-20-33-26-15-13-25(14-16-26)30-28(27-7-1-2-8-29(27)34-30)21-23-9-11-24(12-10-23)22-31-17-3-4-18-31/h1-2,7-16,19H,3-6,17-18,20-22H2. The van der Waals surface area contributed by atoms with Crippen LogP contribution in [0.4, 0.5) is 0 Å². The van der Waals surface area contributed by atoms with E-state index in [1.54, 1.807) is 0 Å². The van der Waals surface area contributed by atoms with Crippen LogP contribution in [0, 0.1) is 0 Å². The van der Waals surface area contributed by atoms with Crippen molar-refractivity contribution in [1.29, 1.82) is 0 Å². The molecule has 0 unspecified atom stereocenters. The molecule has 2 heterocycles. The van der Waals surface area contributed by atoms with Crippen LogP contribution in [0.5, 0.6) is 5.75 Å². The first-order valence-electron chi connectivity index (χ1n) is 12.3. The number of thiophene rings is 1. The molecule has 1 aliphatic heterocycles. The highest BCUT2D eigenvalue weighted by Gasteiger charge is 2.15. The van der Waals surface area contributed by atoms with Crippen LogP contribution < -0.4 is 4.74 Å². The molecule has 4 aromatic rings. The number of benzene rings is 3. The Morgan fingerprint density at radius 3 is 2.38 bits per heavy atom. The van der Waals surface area contributed by atoms with Gasteiger partial charge in [0.05, 0.1) is 6.61 Å². The van der Waals surface area contributed by atoms with E-state index in [4.69, 9.17) is 4.74 Å². The van der Waals surface area contributed by atoms with Crippen molar-refractivity contribution in [2.75, 3.05) is 19.7 Å². The van der Waals surface area contributed by atoms with Crippen LogP contribution in [-0.2, 0) is 17.8 Å². The first-order valence-corrected chi connectivity index (χ1v) is 13.1. The summed E-state index contributed by atoms with van der Waals surface area (Å²) in [5.74, 6) is 0.853. The monoisotopic (exact) mass is 469 g/mol. The van der Waals surface area contributed by atoms with Crippen LogP contribution in [0.2, 0.25) is 0 Å². The zero-order chi connectivity index (χ0) is 23.2. The Bertz CT molecular complexity index is 1220. The summed E-state index contributed by atoms with van der Waals surface area (Å²) in [5, 5.41) is 1.35. The van der Waals surface area contributed by atoms with Gasteiger partial charge in [-0.1, -0.05) is 42.5 Å². The Balaban J connectivity index is 1.36. The molecule has 5 rings (SSSR count). The predicted molar refractivity (Wildman–Crippen MR) is 142 cm³/mol. The lowest BCUT2D eigenvalue weighted by Gasteiger charge is -2.14. The second-order valence-corrected chi connectivity index (χ2v) is 10.1. The summed E-state index contributed by atoms with van der Waals surface area (Å²) in [7, 11) is 0. The van der Waals surface area contributed by atoms with Crippen LogP contribution in [0.15, 0.2) is 72.8 Å². The number of hydrogen-bond acceptors (Lipinski definition) is 4. The van der Waals surface area contributed by atoms with Gasteiger partial charge in [0.25, 0.3) is 0 Å². The summed E-state index contributed by atoms with van der Waals surface area (Å²) >= 11 is 1.86. The molecular weight excluding hydrogens is 438 g/mol. The lowest BCUT2D eigenvalue weighted by atomic mass is 9.98. The molecular formula is C30H31NO2S. The summed E-state index contributed by atoms with van der Waals surface area (Å²) in [6.45, 7) is 4.10. The fourth-order valence-corrected chi connectivity index (χ4v) is 5.96. The first kappa shape index (κ1) is 22.8. The fourth-order valence-electron chi connectivity index (χ4n) is 4.73. The number of carbonyl (C=O) groups is 1. The van der Waals surface area contributed by atoms with Crippen LogP contribution in [0.1, 0.15) is 42.4 Å². The number of ether oxygens (including phenoxy) is 1. The maximum Gasteiger partial charge on any atom is 0.120 e. The van der Waals surface area contributed by atoms with Crippen molar-refractivity contribution in [2.24, 2.45) is 0 Å². The van der Waals surface area contributed by atoms with Gasteiger partial charge in [-0.15, -0.1) is 11.3 Å². The van der Waals surface area contributed by atoms with Gasteiger partial charge in [-0.25, -0.2) is 0 Å². The molecule has 0 bridgehead atoms. The van der Waals surface area contributed by atoms with Crippen LogP contribution >= 0.6 is 11.3 Å². The number of fused-ring (bicyclic) bond motifs is 1. The maximum absolute atomic E-state index is 10.5. The minimum absolute atomic E-state index is 0.544. The van der Waals surface area contributed by atoms with Gasteiger partial charge in [-0.05, 0) is 96.7 Å². The maximum atomic E-state index is 10.5. The highest BCUT2D eigenvalue weighted by atomic mass is 32.1.